The highest BCUT2D eigenvalue weighted by atomic mass is 16.2. The molecule has 0 aliphatic heterocycles. The SMILES string of the molecule is CNC(=O)C(C)(C)NC=O. The number of likely N-dealkylation sites (N-methyl/N-ethyl adjacent to an activating group) is 1. The average molecular weight is 144 g/mol. The van der Waals surface area contributed by atoms with Crippen LogP contribution in [-0.2, 0) is 9.59 Å². The van der Waals surface area contributed by atoms with Crippen molar-refractivity contribution in [1.29, 1.82) is 0 Å². The number of nitrogens with one attached hydrogen (secondary N) is 2. The van der Waals surface area contributed by atoms with E-state index in [2.05, 4.69) is 10.6 Å². The second-order valence-electron chi connectivity index (χ2n) is 2.47. The monoisotopic (exact) mass is 144 g/mol. The van der Waals surface area contributed by atoms with Gasteiger partial charge in [0.25, 0.3) is 0 Å². The molecule has 0 heterocycles. The molecule has 0 aliphatic carbocycles. The Balaban J connectivity index is 4.08. The number of rotatable bonds is 3. The molecule has 0 spiro atoms. The van der Waals surface area contributed by atoms with Crippen LogP contribution in [-0.4, -0.2) is 24.9 Å². The van der Waals surface area contributed by atoms with Crippen molar-refractivity contribution < 1.29 is 9.59 Å². The van der Waals surface area contributed by atoms with E-state index in [9.17, 15) is 9.59 Å². The smallest absolute Gasteiger partial charge is 0.244 e. The Morgan fingerprint density at radius 1 is 1.50 bits per heavy atom. The highest BCUT2D eigenvalue weighted by Gasteiger charge is 2.24. The van der Waals surface area contributed by atoms with Gasteiger partial charge in [0.1, 0.15) is 5.54 Å². The van der Waals surface area contributed by atoms with E-state index in [4.69, 9.17) is 0 Å². The molecule has 58 valence electrons. The zero-order valence-electron chi connectivity index (χ0n) is 6.39. The highest BCUT2D eigenvalue weighted by Crippen LogP contribution is 1.98. The summed E-state index contributed by atoms with van der Waals surface area (Å²) < 4.78 is 0. The Bertz CT molecular complexity index is 143. The van der Waals surface area contributed by atoms with E-state index in [0.717, 1.165) is 0 Å². The van der Waals surface area contributed by atoms with Crippen molar-refractivity contribution >= 4 is 12.3 Å². The molecule has 4 nitrogen and oxygen atoms in total. The highest BCUT2D eigenvalue weighted by molar-refractivity contribution is 5.86. The predicted molar refractivity (Wildman–Crippen MR) is 37.3 cm³/mol. The molecule has 0 atom stereocenters. The molecular formula is C6H12N2O2. The lowest BCUT2D eigenvalue weighted by atomic mass is 10.1. The van der Waals surface area contributed by atoms with Gasteiger partial charge in [0.15, 0.2) is 0 Å². The number of hydrogen-bond donors (Lipinski definition) is 2. The molecule has 0 aromatic heterocycles. The van der Waals surface area contributed by atoms with Crippen LogP contribution in [0, 0.1) is 0 Å². The van der Waals surface area contributed by atoms with Gasteiger partial charge in [-0.2, -0.15) is 0 Å². The van der Waals surface area contributed by atoms with Gasteiger partial charge in [-0.3, -0.25) is 9.59 Å². The van der Waals surface area contributed by atoms with Crippen LogP contribution < -0.4 is 10.6 Å². The van der Waals surface area contributed by atoms with Crippen LogP contribution in [0.4, 0.5) is 0 Å². The maximum atomic E-state index is 10.9. The summed E-state index contributed by atoms with van der Waals surface area (Å²) in [6, 6.07) is 0. The standard InChI is InChI=1S/C6H12N2O2/c1-6(2,8-4-9)5(10)7-3/h4H,1-3H3,(H,7,10)(H,8,9). The molecule has 2 amide bonds. The maximum absolute atomic E-state index is 10.9. The number of amides is 2. The molecule has 0 unspecified atom stereocenters. The fourth-order valence-corrected chi connectivity index (χ4v) is 0.525. The average Bonchev–Trinajstić information content (AvgIpc) is 1.86. The Kier molecular flexibility index (Phi) is 2.86. The van der Waals surface area contributed by atoms with E-state index in [0.29, 0.717) is 6.41 Å². The van der Waals surface area contributed by atoms with Gasteiger partial charge < -0.3 is 10.6 Å². The van der Waals surface area contributed by atoms with Gasteiger partial charge in [0.2, 0.25) is 12.3 Å². The van der Waals surface area contributed by atoms with Crippen molar-refractivity contribution in [1.82, 2.24) is 10.6 Å². The Morgan fingerprint density at radius 3 is 2.30 bits per heavy atom. The molecule has 0 saturated heterocycles. The third kappa shape index (κ3) is 2.05. The minimum atomic E-state index is -0.809. The minimum Gasteiger partial charge on any atom is -0.357 e. The Morgan fingerprint density at radius 2 is 2.00 bits per heavy atom. The maximum Gasteiger partial charge on any atom is 0.244 e. The lowest BCUT2D eigenvalue weighted by Crippen LogP contribution is -2.51. The van der Waals surface area contributed by atoms with Crippen LogP contribution in [0.2, 0.25) is 0 Å². The fourth-order valence-electron chi connectivity index (χ4n) is 0.525. The van der Waals surface area contributed by atoms with E-state index in [-0.39, 0.29) is 5.91 Å². The summed E-state index contributed by atoms with van der Waals surface area (Å²) in [7, 11) is 1.52. The Labute approximate surface area is 60.0 Å². The van der Waals surface area contributed by atoms with Gasteiger partial charge in [0.05, 0.1) is 0 Å². The van der Waals surface area contributed by atoms with E-state index >= 15 is 0 Å². The van der Waals surface area contributed by atoms with E-state index in [1.165, 1.54) is 7.05 Å². The molecule has 0 radical (unpaired) electrons. The predicted octanol–water partition coefficient (Wildman–Crippen LogP) is -0.743. The largest absolute Gasteiger partial charge is 0.357 e. The van der Waals surface area contributed by atoms with Crippen molar-refractivity contribution in [3.63, 3.8) is 0 Å². The first-order valence-electron chi connectivity index (χ1n) is 2.98. The normalized spacial score (nSPS) is 10.3. The van der Waals surface area contributed by atoms with Crippen molar-refractivity contribution in [2.45, 2.75) is 19.4 Å². The Hall–Kier alpha value is -1.06. The van der Waals surface area contributed by atoms with Crippen LogP contribution in [0.3, 0.4) is 0 Å². The lowest BCUT2D eigenvalue weighted by molar-refractivity contribution is -0.128. The quantitative estimate of drug-likeness (QED) is 0.512. The third-order valence-corrected chi connectivity index (χ3v) is 1.21. The van der Waals surface area contributed by atoms with E-state index in [1.54, 1.807) is 13.8 Å². The molecule has 0 aromatic carbocycles. The first-order chi connectivity index (χ1) is 4.54. The van der Waals surface area contributed by atoms with Gasteiger partial charge in [-0.05, 0) is 13.8 Å². The van der Waals surface area contributed by atoms with Crippen LogP contribution >= 0.6 is 0 Å². The van der Waals surface area contributed by atoms with Gasteiger partial charge in [-0.25, -0.2) is 0 Å². The number of carbonyl (C=O) groups is 2. The van der Waals surface area contributed by atoms with E-state index < -0.39 is 5.54 Å². The zero-order valence-corrected chi connectivity index (χ0v) is 6.39. The molecule has 0 fully saturated rings. The molecule has 0 aromatic rings. The van der Waals surface area contributed by atoms with Crippen molar-refractivity contribution in [2.75, 3.05) is 7.05 Å². The first-order valence-corrected chi connectivity index (χ1v) is 2.98. The molecule has 0 rings (SSSR count). The lowest BCUT2D eigenvalue weighted by Gasteiger charge is -2.20. The summed E-state index contributed by atoms with van der Waals surface area (Å²) in [6.07, 6.45) is 0.509. The molecule has 0 aliphatic rings. The molecule has 4 heteroatoms. The minimum absolute atomic E-state index is 0.209. The van der Waals surface area contributed by atoms with Crippen molar-refractivity contribution in [3.05, 3.63) is 0 Å². The zero-order chi connectivity index (χ0) is 8.20. The van der Waals surface area contributed by atoms with Gasteiger partial charge in [-0.15, -0.1) is 0 Å². The second-order valence-corrected chi connectivity index (χ2v) is 2.47. The summed E-state index contributed by atoms with van der Waals surface area (Å²) in [5, 5.41) is 4.81. The van der Waals surface area contributed by atoms with E-state index in [1.807, 2.05) is 0 Å². The summed E-state index contributed by atoms with van der Waals surface area (Å²) in [5.74, 6) is -0.209. The number of carbonyl (C=O) groups excluding carboxylic acids is 2. The molecule has 2 N–H and O–H groups in total. The first kappa shape index (κ1) is 8.94. The van der Waals surface area contributed by atoms with Gasteiger partial charge in [0, 0.05) is 7.05 Å². The molecular weight excluding hydrogens is 132 g/mol. The second kappa shape index (κ2) is 3.20. The number of hydrogen-bond acceptors (Lipinski definition) is 2. The summed E-state index contributed by atoms with van der Waals surface area (Å²) in [4.78, 5) is 20.8. The third-order valence-electron chi connectivity index (χ3n) is 1.21. The van der Waals surface area contributed by atoms with Crippen LogP contribution in [0.25, 0.3) is 0 Å². The molecule has 0 saturated carbocycles. The van der Waals surface area contributed by atoms with Crippen LogP contribution in [0.15, 0.2) is 0 Å². The summed E-state index contributed by atoms with van der Waals surface area (Å²) in [6.45, 7) is 3.25. The topological polar surface area (TPSA) is 58.2 Å². The van der Waals surface area contributed by atoms with Crippen molar-refractivity contribution in [2.24, 2.45) is 0 Å². The fraction of sp³-hybridized carbons (Fsp3) is 0.667. The molecule has 10 heavy (non-hydrogen) atoms. The summed E-state index contributed by atoms with van der Waals surface area (Å²) in [5.41, 5.74) is -0.809. The summed E-state index contributed by atoms with van der Waals surface area (Å²) >= 11 is 0. The van der Waals surface area contributed by atoms with Crippen molar-refractivity contribution in [3.8, 4) is 0 Å². The van der Waals surface area contributed by atoms with Crippen LogP contribution in [0.5, 0.6) is 0 Å². The van der Waals surface area contributed by atoms with Crippen LogP contribution in [0.1, 0.15) is 13.8 Å². The van der Waals surface area contributed by atoms with Gasteiger partial charge >= 0.3 is 0 Å². The molecule has 0 bridgehead atoms. The van der Waals surface area contributed by atoms with Gasteiger partial charge in [-0.1, -0.05) is 0 Å².